The number of carboxylic acid groups (broad SMARTS) is 1. The Hall–Kier alpha value is -3.77. The Balaban J connectivity index is 1.35. The molecule has 1 unspecified atom stereocenters. The molecule has 1 aromatic heterocycles. The molecule has 3 aromatic rings. The number of thioether (sulfide) groups is 2. The Morgan fingerprint density at radius 2 is 1.92 bits per heavy atom. The number of benzene rings is 2. The minimum atomic E-state index is -1.30. The highest BCUT2D eigenvalue weighted by Crippen LogP contribution is 2.48. The van der Waals surface area contributed by atoms with Crippen LogP contribution in [0.25, 0.3) is 11.1 Å². The summed E-state index contributed by atoms with van der Waals surface area (Å²) in [5, 5.41) is 33.4. The lowest BCUT2D eigenvalue weighted by Crippen LogP contribution is -2.74. The van der Waals surface area contributed by atoms with Crippen molar-refractivity contribution in [3.8, 4) is 23.3 Å². The molecule has 3 heterocycles. The predicted octanol–water partition coefficient (Wildman–Crippen LogP) is 3.72. The Labute approximate surface area is 231 Å². The van der Waals surface area contributed by atoms with Gasteiger partial charge in [-0.2, -0.15) is 10.5 Å². The molecular weight excluding hydrogens is 541 g/mol. The third-order valence-corrected chi connectivity index (χ3v) is 10.4. The van der Waals surface area contributed by atoms with Crippen molar-refractivity contribution in [3.05, 3.63) is 76.0 Å². The lowest BCUT2D eigenvalue weighted by Gasteiger charge is -2.53. The number of carbonyl (C=O) groups excluding carboxylic acids is 2. The van der Waals surface area contributed by atoms with Crippen LogP contribution in [0.1, 0.15) is 16.0 Å². The van der Waals surface area contributed by atoms with Crippen molar-refractivity contribution in [2.75, 3.05) is 12.3 Å². The lowest BCUT2D eigenvalue weighted by molar-refractivity contribution is -0.152. The summed E-state index contributed by atoms with van der Waals surface area (Å²) in [7, 11) is 0. The van der Waals surface area contributed by atoms with Gasteiger partial charge < -0.3 is 15.3 Å². The first-order valence-electron chi connectivity index (χ1n) is 11.5. The first-order chi connectivity index (χ1) is 18.3. The van der Waals surface area contributed by atoms with Gasteiger partial charge in [-0.25, -0.2) is 0 Å². The second-order valence-corrected chi connectivity index (χ2v) is 12.4. The second-order valence-electron chi connectivity index (χ2n) is 8.85. The number of fused-ring (bicyclic) bond motifs is 1. The minimum Gasteiger partial charge on any atom is -0.480 e. The monoisotopic (exact) mass is 560 g/mol. The molecule has 190 valence electrons. The zero-order valence-corrected chi connectivity index (χ0v) is 22.2. The van der Waals surface area contributed by atoms with Crippen molar-refractivity contribution in [3.63, 3.8) is 0 Å². The van der Waals surface area contributed by atoms with E-state index in [-0.39, 0.29) is 47.0 Å². The maximum absolute atomic E-state index is 13.0. The molecule has 3 atom stereocenters. The van der Waals surface area contributed by atoms with Crippen LogP contribution in [-0.2, 0) is 20.8 Å². The van der Waals surface area contributed by atoms with E-state index in [1.807, 2.05) is 53.9 Å². The molecule has 2 aliphatic heterocycles. The molecule has 0 saturated carbocycles. The topological polar surface area (TPSA) is 134 Å². The van der Waals surface area contributed by atoms with Gasteiger partial charge in [0.15, 0.2) is 0 Å². The molecule has 2 fully saturated rings. The van der Waals surface area contributed by atoms with Crippen molar-refractivity contribution in [2.24, 2.45) is 0 Å². The number of nitrogens with one attached hydrogen (secondary N) is 1. The average Bonchev–Trinajstić information content (AvgIpc) is 3.44. The molecule has 2 N–H and O–H groups in total. The SMILES string of the molecule is N#Cc1ccc(-c2ccccc2SC2(C(=O)O)CS[C@@H]3[C@H](NC(=O)Cc4cccs4)C(=O)N3C2)cc1C#N. The van der Waals surface area contributed by atoms with E-state index in [1.54, 1.807) is 18.2 Å². The van der Waals surface area contributed by atoms with Crippen LogP contribution in [0, 0.1) is 22.7 Å². The summed E-state index contributed by atoms with van der Waals surface area (Å²) in [6.45, 7) is 0.00590. The number of amides is 2. The van der Waals surface area contributed by atoms with E-state index >= 15 is 0 Å². The van der Waals surface area contributed by atoms with Crippen LogP contribution in [0.15, 0.2) is 64.9 Å². The van der Waals surface area contributed by atoms with Gasteiger partial charge in [-0.1, -0.05) is 30.3 Å². The van der Waals surface area contributed by atoms with E-state index in [0.717, 1.165) is 10.4 Å². The summed E-state index contributed by atoms with van der Waals surface area (Å²) in [5.41, 5.74) is 1.94. The molecule has 38 heavy (non-hydrogen) atoms. The number of nitriles is 2. The van der Waals surface area contributed by atoms with Crippen LogP contribution in [0.5, 0.6) is 0 Å². The van der Waals surface area contributed by atoms with E-state index in [1.165, 1.54) is 39.8 Å². The Bertz CT molecular complexity index is 1510. The van der Waals surface area contributed by atoms with Gasteiger partial charge in [0.1, 0.15) is 28.3 Å². The van der Waals surface area contributed by atoms with E-state index in [4.69, 9.17) is 0 Å². The third kappa shape index (κ3) is 4.76. The number of carboxylic acids is 1. The predicted molar refractivity (Wildman–Crippen MR) is 145 cm³/mol. The smallest absolute Gasteiger partial charge is 0.322 e. The van der Waals surface area contributed by atoms with E-state index in [9.17, 15) is 30.0 Å². The molecule has 8 nitrogen and oxygen atoms in total. The van der Waals surface area contributed by atoms with Crippen molar-refractivity contribution in [1.82, 2.24) is 10.2 Å². The molecule has 5 rings (SSSR count). The maximum Gasteiger partial charge on any atom is 0.322 e. The molecular formula is C27H20N4O4S3. The summed E-state index contributed by atoms with van der Waals surface area (Å²) in [5.74, 6) is -1.31. The zero-order chi connectivity index (χ0) is 26.9. The number of carbonyl (C=O) groups is 3. The molecule has 0 aliphatic carbocycles. The van der Waals surface area contributed by atoms with Gasteiger partial charge in [0.05, 0.1) is 17.5 Å². The average molecular weight is 561 g/mol. The van der Waals surface area contributed by atoms with Crippen molar-refractivity contribution in [2.45, 2.75) is 27.5 Å². The second kappa shape index (κ2) is 10.5. The summed E-state index contributed by atoms with van der Waals surface area (Å²) < 4.78 is -1.30. The number of rotatable bonds is 7. The van der Waals surface area contributed by atoms with Crippen LogP contribution >= 0.6 is 34.9 Å². The van der Waals surface area contributed by atoms with Gasteiger partial charge in [0, 0.05) is 22.1 Å². The number of aliphatic carboxylic acids is 1. The van der Waals surface area contributed by atoms with Crippen LogP contribution in [0.3, 0.4) is 0 Å². The van der Waals surface area contributed by atoms with Crippen LogP contribution < -0.4 is 5.32 Å². The highest BCUT2D eigenvalue weighted by atomic mass is 32.2. The summed E-state index contributed by atoms with van der Waals surface area (Å²) in [6.07, 6.45) is 0.202. The van der Waals surface area contributed by atoms with Crippen molar-refractivity contribution in [1.29, 1.82) is 10.5 Å². The molecule has 0 spiro atoms. The fourth-order valence-corrected chi connectivity index (χ4v) is 8.18. The minimum absolute atomic E-state index is 0.00590. The molecule has 2 aliphatic rings. The van der Waals surface area contributed by atoms with E-state index in [0.29, 0.717) is 10.5 Å². The molecule has 2 aromatic carbocycles. The van der Waals surface area contributed by atoms with Gasteiger partial charge in [0.25, 0.3) is 0 Å². The summed E-state index contributed by atoms with van der Waals surface area (Å²) >= 11 is 4.01. The third-order valence-electron chi connectivity index (χ3n) is 6.44. The number of thiophene rings is 1. The zero-order valence-electron chi connectivity index (χ0n) is 19.8. The Kier molecular flexibility index (Phi) is 7.17. The molecule has 2 amide bonds. The number of hydrogen-bond acceptors (Lipinski definition) is 8. The fourth-order valence-electron chi connectivity index (χ4n) is 4.49. The van der Waals surface area contributed by atoms with Gasteiger partial charge in [-0.15, -0.1) is 34.9 Å². The molecule has 0 bridgehead atoms. The molecule has 2 saturated heterocycles. The highest BCUT2D eigenvalue weighted by Gasteiger charge is 2.58. The fraction of sp³-hybridized carbons (Fsp3) is 0.222. The first kappa shape index (κ1) is 25.9. The molecule has 0 radical (unpaired) electrons. The Morgan fingerprint density at radius 1 is 1.13 bits per heavy atom. The van der Waals surface area contributed by atoms with Crippen LogP contribution in [0.2, 0.25) is 0 Å². The first-order valence-corrected chi connectivity index (χ1v) is 14.3. The van der Waals surface area contributed by atoms with E-state index in [2.05, 4.69) is 5.32 Å². The number of nitrogens with zero attached hydrogens (tertiary/aromatic N) is 3. The van der Waals surface area contributed by atoms with E-state index < -0.39 is 16.8 Å². The lowest BCUT2D eigenvalue weighted by atomic mass is 10.00. The van der Waals surface area contributed by atoms with Crippen LogP contribution in [0.4, 0.5) is 0 Å². The van der Waals surface area contributed by atoms with Crippen molar-refractivity contribution >= 4 is 52.6 Å². The number of β-lactam (4-membered cyclic amide) rings is 1. The standard InChI is InChI=1S/C27H20N4O4S3/c28-12-17-8-7-16(10-18(17)13-29)20-5-1-2-6-21(20)38-27(26(34)35)14-31-24(33)23(25(31)37-15-27)30-22(32)11-19-4-3-9-36-19/h1-10,23,25H,11,14-15H2,(H,30,32)(H,34,35)/t23-,25-,27?/m1/s1. The van der Waals surface area contributed by atoms with Gasteiger partial charge >= 0.3 is 5.97 Å². The normalized spacial score (nSPS) is 21.9. The van der Waals surface area contributed by atoms with Crippen LogP contribution in [-0.4, -0.2) is 56.3 Å². The summed E-state index contributed by atoms with van der Waals surface area (Å²) in [6, 6.07) is 19.3. The van der Waals surface area contributed by atoms with Crippen molar-refractivity contribution < 1.29 is 19.5 Å². The van der Waals surface area contributed by atoms with Gasteiger partial charge in [0.2, 0.25) is 11.8 Å². The number of hydrogen-bond donors (Lipinski definition) is 2. The largest absolute Gasteiger partial charge is 0.480 e. The highest BCUT2D eigenvalue weighted by molar-refractivity contribution is 8.05. The van der Waals surface area contributed by atoms with Gasteiger partial charge in [-0.05, 0) is 40.8 Å². The molecule has 11 heteroatoms. The maximum atomic E-state index is 13.0. The van der Waals surface area contributed by atoms with Gasteiger partial charge in [-0.3, -0.25) is 14.4 Å². The quantitative estimate of drug-likeness (QED) is 0.418. The Morgan fingerprint density at radius 3 is 2.63 bits per heavy atom. The summed E-state index contributed by atoms with van der Waals surface area (Å²) in [4.78, 5) is 41.1.